The van der Waals surface area contributed by atoms with Crippen LogP contribution in [0.4, 0.5) is 0 Å². The van der Waals surface area contributed by atoms with Gasteiger partial charge in [-0.05, 0) is 6.92 Å². The SMILES string of the molecule is CC=O.[Cd]. The van der Waals surface area contributed by atoms with Gasteiger partial charge in [0.15, 0.2) is 0 Å². The molecule has 0 aromatic rings. The molecule has 0 amide bonds. The summed E-state index contributed by atoms with van der Waals surface area (Å²) in [6, 6.07) is 0. The van der Waals surface area contributed by atoms with Crippen LogP contribution in [0.1, 0.15) is 6.92 Å². The van der Waals surface area contributed by atoms with E-state index in [1.54, 1.807) is 0 Å². The number of aldehydes is 1. The Morgan fingerprint density at radius 3 is 1.75 bits per heavy atom. The average molecular weight is 156 g/mol. The molecular formula is C2H4CdO. The van der Waals surface area contributed by atoms with Crippen molar-refractivity contribution < 1.29 is 32.1 Å². The van der Waals surface area contributed by atoms with Crippen LogP contribution in [0.15, 0.2) is 0 Å². The van der Waals surface area contributed by atoms with Crippen LogP contribution in [0.3, 0.4) is 0 Å². The van der Waals surface area contributed by atoms with Gasteiger partial charge in [-0.15, -0.1) is 0 Å². The molecule has 0 rings (SSSR count). The third-order valence-electron chi connectivity index (χ3n) is 0. The predicted molar refractivity (Wildman–Crippen MR) is 11.7 cm³/mol. The van der Waals surface area contributed by atoms with E-state index in [2.05, 4.69) is 0 Å². The van der Waals surface area contributed by atoms with Crippen LogP contribution < -0.4 is 0 Å². The van der Waals surface area contributed by atoms with E-state index in [0.717, 1.165) is 6.29 Å². The van der Waals surface area contributed by atoms with Crippen LogP contribution in [-0.2, 0) is 32.1 Å². The molecule has 0 bridgehead atoms. The van der Waals surface area contributed by atoms with Crippen molar-refractivity contribution in [3.8, 4) is 0 Å². The van der Waals surface area contributed by atoms with E-state index in [1.165, 1.54) is 6.92 Å². The largest absolute Gasteiger partial charge is 0.304 e. The second-order valence-corrected chi connectivity index (χ2v) is 0.236. The summed E-state index contributed by atoms with van der Waals surface area (Å²) >= 11 is 0. The molecule has 0 radical (unpaired) electrons. The number of carbonyl (C=O) groups is 1. The number of hydrogen-bond donors (Lipinski definition) is 0. The van der Waals surface area contributed by atoms with Crippen molar-refractivity contribution in [2.24, 2.45) is 0 Å². The van der Waals surface area contributed by atoms with Gasteiger partial charge in [0.05, 0.1) is 0 Å². The monoisotopic (exact) mass is 158 g/mol. The van der Waals surface area contributed by atoms with E-state index in [-0.39, 0.29) is 27.3 Å². The summed E-state index contributed by atoms with van der Waals surface area (Å²) in [5, 5.41) is 0. The molecule has 0 aliphatic rings. The number of hydrogen-bond acceptors (Lipinski definition) is 1. The van der Waals surface area contributed by atoms with Crippen LogP contribution >= 0.6 is 0 Å². The van der Waals surface area contributed by atoms with Crippen molar-refractivity contribution in [3.05, 3.63) is 0 Å². The zero-order valence-corrected chi connectivity index (χ0v) is 6.73. The summed E-state index contributed by atoms with van der Waals surface area (Å²) in [5.74, 6) is 0. The molecule has 1 nitrogen and oxygen atoms in total. The molecule has 2 heteroatoms. The van der Waals surface area contributed by atoms with E-state index in [9.17, 15) is 0 Å². The van der Waals surface area contributed by atoms with Crippen LogP contribution in [0.25, 0.3) is 0 Å². The second-order valence-electron chi connectivity index (χ2n) is 0.236. The molecule has 0 atom stereocenters. The summed E-state index contributed by atoms with van der Waals surface area (Å²) in [6.45, 7) is 1.44. The van der Waals surface area contributed by atoms with Gasteiger partial charge in [0.1, 0.15) is 6.29 Å². The maximum absolute atomic E-state index is 8.81. The molecule has 4 heavy (non-hydrogen) atoms. The van der Waals surface area contributed by atoms with Crippen LogP contribution in [0.2, 0.25) is 0 Å². The Kier molecular flexibility index (Phi) is 21.0. The fraction of sp³-hybridized carbons (Fsp3) is 0.500. The molecule has 0 spiro atoms. The Balaban J connectivity index is 0. The Morgan fingerprint density at radius 2 is 1.75 bits per heavy atom. The molecule has 0 saturated heterocycles. The molecule has 20 valence electrons. The zero-order chi connectivity index (χ0) is 2.71. The molecule has 0 aromatic heterocycles. The smallest absolute Gasteiger partial charge is 0.116 e. The van der Waals surface area contributed by atoms with Crippen molar-refractivity contribution >= 4 is 6.29 Å². The first kappa shape index (κ1) is 8.82. The summed E-state index contributed by atoms with van der Waals surface area (Å²) in [4.78, 5) is 8.81. The average Bonchev–Trinajstić information content (AvgIpc) is 0.918. The quantitative estimate of drug-likeness (QED) is 0.362. The van der Waals surface area contributed by atoms with Crippen LogP contribution in [0, 0.1) is 0 Å². The van der Waals surface area contributed by atoms with E-state index >= 15 is 0 Å². The van der Waals surface area contributed by atoms with Crippen molar-refractivity contribution in [1.82, 2.24) is 0 Å². The molecule has 0 aromatic carbocycles. The summed E-state index contributed by atoms with van der Waals surface area (Å²) in [7, 11) is 0. The fourth-order valence-electron chi connectivity index (χ4n) is 0. The Hall–Kier alpha value is 0.592. The normalized spacial score (nSPS) is 3.25. The van der Waals surface area contributed by atoms with Crippen molar-refractivity contribution in [2.45, 2.75) is 6.92 Å². The van der Waals surface area contributed by atoms with Crippen molar-refractivity contribution in [2.75, 3.05) is 0 Å². The van der Waals surface area contributed by atoms with Gasteiger partial charge >= 0.3 is 0 Å². The first-order valence-electron chi connectivity index (χ1n) is 0.813. The maximum Gasteiger partial charge on any atom is 0.116 e. The molecule has 0 N–H and O–H groups in total. The van der Waals surface area contributed by atoms with Gasteiger partial charge < -0.3 is 4.79 Å². The van der Waals surface area contributed by atoms with Gasteiger partial charge in [0.25, 0.3) is 0 Å². The van der Waals surface area contributed by atoms with Gasteiger partial charge in [-0.2, -0.15) is 0 Å². The standard InChI is InChI=1S/C2H4O.Cd/c1-2-3;/h2H,1H3;. The summed E-state index contributed by atoms with van der Waals surface area (Å²) in [5.41, 5.74) is 0. The van der Waals surface area contributed by atoms with Crippen molar-refractivity contribution in [3.63, 3.8) is 0 Å². The molecule has 0 fully saturated rings. The number of carbonyl (C=O) groups excluding carboxylic acids is 1. The number of rotatable bonds is 0. The minimum atomic E-state index is 0. The van der Waals surface area contributed by atoms with Gasteiger partial charge in [-0.25, -0.2) is 0 Å². The van der Waals surface area contributed by atoms with E-state index < -0.39 is 0 Å². The fourth-order valence-corrected chi connectivity index (χ4v) is 0. The van der Waals surface area contributed by atoms with E-state index in [4.69, 9.17) is 4.79 Å². The molecular weight excluding hydrogens is 152 g/mol. The Bertz CT molecular complexity index is 13.5. The molecule has 0 heterocycles. The topological polar surface area (TPSA) is 17.1 Å². The van der Waals surface area contributed by atoms with Crippen molar-refractivity contribution in [1.29, 1.82) is 0 Å². The van der Waals surface area contributed by atoms with Crippen LogP contribution in [-0.4, -0.2) is 6.29 Å². The Morgan fingerprint density at radius 1 is 1.75 bits per heavy atom. The maximum atomic E-state index is 8.81. The van der Waals surface area contributed by atoms with E-state index in [1.807, 2.05) is 0 Å². The van der Waals surface area contributed by atoms with Crippen LogP contribution in [0.5, 0.6) is 0 Å². The third kappa shape index (κ3) is 18.7. The minimum absolute atomic E-state index is 0. The first-order valence-corrected chi connectivity index (χ1v) is 0.813. The summed E-state index contributed by atoms with van der Waals surface area (Å²) in [6.07, 6.45) is 0.750. The summed E-state index contributed by atoms with van der Waals surface area (Å²) < 4.78 is 0. The van der Waals surface area contributed by atoms with Gasteiger partial charge in [-0.3, -0.25) is 0 Å². The zero-order valence-electron chi connectivity index (χ0n) is 2.69. The third-order valence-corrected chi connectivity index (χ3v) is 0. The van der Waals surface area contributed by atoms with Gasteiger partial charge in [0.2, 0.25) is 0 Å². The van der Waals surface area contributed by atoms with Gasteiger partial charge in [-0.1, -0.05) is 0 Å². The molecule has 0 saturated carbocycles. The van der Waals surface area contributed by atoms with E-state index in [0.29, 0.717) is 0 Å². The second kappa shape index (κ2) is 9.52. The molecule has 0 unspecified atom stereocenters. The predicted octanol–water partition coefficient (Wildman–Crippen LogP) is 0.203. The molecule has 0 aliphatic heterocycles. The molecule has 0 aliphatic carbocycles. The van der Waals surface area contributed by atoms with Gasteiger partial charge in [0, 0.05) is 27.3 Å². The Labute approximate surface area is 45.5 Å². The first-order chi connectivity index (χ1) is 1.41. The minimum Gasteiger partial charge on any atom is -0.304 e.